The molecular formula is C30H26N4O5S2. The Morgan fingerprint density at radius 3 is 2.37 bits per heavy atom. The molecule has 1 aliphatic rings. The molecule has 1 amide bonds. The SMILES string of the molecule is CCN(Cc1ccccc1)S(=O)(=O)c1ccc(C(=O)N(Cc2cccnc2)c2nc3cc4c(cc3s2)OCO4)cc1. The number of aromatic nitrogens is 2. The summed E-state index contributed by atoms with van der Waals surface area (Å²) in [6.45, 7) is 2.78. The van der Waals surface area contributed by atoms with E-state index >= 15 is 0 Å². The van der Waals surface area contributed by atoms with Gasteiger partial charge in [0.05, 0.1) is 21.7 Å². The van der Waals surface area contributed by atoms with Gasteiger partial charge in [0.25, 0.3) is 5.91 Å². The van der Waals surface area contributed by atoms with Crippen molar-refractivity contribution >= 4 is 42.6 Å². The Labute approximate surface area is 241 Å². The van der Waals surface area contributed by atoms with E-state index in [2.05, 4.69) is 4.98 Å². The van der Waals surface area contributed by atoms with Crippen LogP contribution >= 0.6 is 11.3 Å². The highest BCUT2D eigenvalue weighted by atomic mass is 32.2. The van der Waals surface area contributed by atoms with E-state index in [9.17, 15) is 13.2 Å². The van der Waals surface area contributed by atoms with Crippen molar-refractivity contribution in [2.45, 2.75) is 24.9 Å². The number of hydrogen-bond donors (Lipinski definition) is 0. The van der Waals surface area contributed by atoms with E-state index in [0.29, 0.717) is 34.3 Å². The minimum Gasteiger partial charge on any atom is -0.454 e. The fourth-order valence-electron chi connectivity index (χ4n) is 4.55. The van der Waals surface area contributed by atoms with E-state index in [1.165, 1.54) is 27.8 Å². The Morgan fingerprint density at radius 2 is 1.66 bits per heavy atom. The van der Waals surface area contributed by atoms with Crippen LogP contribution in [0.15, 0.2) is 96.2 Å². The van der Waals surface area contributed by atoms with E-state index in [-0.39, 0.29) is 30.7 Å². The zero-order valence-corrected chi connectivity index (χ0v) is 23.8. The van der Waals surface area contributed by atoms with Gasteiger partial charge >= 0.3 is 0 Å². The Hall–Kier alpha value is -4.32. The predicted octanol–water partition coefficient (Wildman–Crippen LogP) is 5.48. The smallest absolute Gasteiger partial charge is 0.260 e. The van der Waals surface area contributed by atoms with Gasteiger partial charge in [0.15, 0.2) is 16.6 Å². The Bertz CT molecular complexity index is 1750. The zero-order chi connectivity index (χ0) is 28.4. The monoisotopic (exact) mass is 586 g/mol. The molecule has 1 aliphatic heterocycles. The number of amides is 1. The summed E-state index contributed by atoms with van der Waals surface area (Å²) in [6, 6.07) is 22.9. The molecule has 0 saturated heterocycles. The van der Waals surface area contributed by atoms with Gasteiger partial charge in [-0.25, -0.2) is 13.4 Å². The number of hydrogen-bond acceptors (Lipinski definition) is 8. The van der Waals surface area contributed by atoms with Gasteiger partial charge in [-0.1, -0.05) is 54.7 Å². The molecule has 9 nitrogen and oxygen atoms in total. The number of ether oxygens (including phenoxy) is 2. The van der Waals surface area contributed by atoms with Crippen molar-refractivity contribution in [2.75, 3.05) is 18.2 Å². The lowest BCUT2D eigenvalue weighted by molar-refractivity contribution is 0.0985. The van der Waals surface area contributed by atoms with Crippen molar-refractivity contribution < 1.29 is 22.7 Å². The molecule has 11 heteroatoms. The highest BCUT2D eigenvalue weighted by Gasteiger charge is 2.26. The molecule has 0 saturated carbocycles. The van der Waals surface area contributed by atoms with Crippen LogP contribution in [0.1, 0.15) is 28.4 Å². The van der Waals surface area contributed by atoms with Gasteiger partial charge in [0.2, 0.25) is 16.8 Å². The van der Waals surface area contributed by atoms with Crippen LogP contribution in [0.4, 0.5) is 5.13 Å². The second-order valence-corrected chi connectivity index (χ2v) is 12.3. The lowest BCUT2D eigenvalue weighted by atomic mass is 10.2. The molecule has 0 N–H and O–H groups in total. The summed E-state index contributed by atoms with van der Waals surface area (Å²) in [6.07, 6.45) is 3.37. The molecule has 0 unspecified atom stereocenters. The number of pyridine rings is 1. The van der Waals surface area contributed by atoms with Crippen molar-refractivity contribution in [1.82, 2.24) is 14.3 Å². The topological polar surface area (TPSA) is 102 Å². The maximum atomic E-state index is 13.9. The molecule has 2 aromatic heterocycles. The first-order valence-corrected chi connectivity index (χ1v) is 15.2. The summed E-state index contributed by atoms with van der Waals surface area (Å²) in [5.74, 6) is 0.946. The van der Waals surface area contributed by atoms with Crippen molar-refractivity contribution in [2.24, 2.45) is 0 Å². The number of carbonyl (C=O) groups excluding carboxylic acids is 1. The first-order chi connectivity index (χ1) is 19.9. The van der Waals surface area contributed by atoms with Crippen LogP contribution in [-0.2, 0) is 23.1 Å². The van der Waals surface area contributed by atoms with E-state index in [1.54, 1.807) is 42.4 Å². The number of carbonyl (C=O) groups is 1. The first-order valence-electron chi connectivity index (χ1n) is 13.0. The second-order valence-electron chi connectivity index (χ2n) is 9.36. The highest BCUT2D eigenvalue weighted by Crippen LogP contribution is 2.40. The molecular weight excluding hydrogens is 560 g/mol. The molecule has 0 fully saturated rings. The molecule has 0 bridgehead atoms. The van der Waals surface area contributed by atoms with Crippen LogP contribution in [0.25, 0.3) is 10.2 Å². The second kappa shape index (κ2) is 11.3. The van der Waals surface area contributed by atoms with Gasteiger partial charge < -0.3 is 9.47 Å². The summed E-state index contributed by atoms with van der Waals surface area (Å²) in [4.78, 5) is 24.5. The van der Waals surface area contributed by atoms with Gasteiger partial charge in [-0.15, -0.1) is 0 Å². The molecule has 6 rings (SSSR count). The average molecular weight is 587 g/mol. The van der Waals surface area contributed by atoms with E-state index in [1.807, 2.05) is 48.5 Å². The van der Waals surface area contributed by atoms with Gasteiger partial charge in [0, 0.05) is 43.2 Å². The van der Waals surface area contributed by atoms with Crippen LogP contribution in [0.5, 0.6) is 11.5 Å². The maximum Gasteiger partial charge on any atom is 0.260 e. The van der Waals surface area contributed by atoms with Crippen LogP contribution in [0.2, 0.25) is 0 Å². The third-order valence-electron chi connectivity index (χ3n) is 6.70. The van der Waals surface area contributed by atoms with Gasteiger partial charge in [-0.2, -0.15) is 4.31 Å². The summed E-state index contributed by atoms with van der Waals surface area (Å²) in [5, 5.41) is 0.495. The quantitative estimate of drug-likeness (QED) is 0.225. The Morgan fingerprint density at radius 1 is 0.927 bits per heavy atom. The van der Waals surface area contributed by atoms with Crippen molar-refractivity contribution in [1.29, 1.82) is 0 Å². The fraction of sp³-hybridized carbons (Fsp3) is 0.167. The number of anilines is 1. The third-order valence-corrected chi connectivity index (χ3v) is 9.68. The lowest BCUT2D eigenvalue weighted by Gasteiger charge is -2.22. The predicted molar refractivity (Wildman–Crippen MR) is 157 cm³/mol. The van der Waals surface area contributed by atoms with E-state index in [0.717, 1.165) is 15.8 Å². The molecule has 5 aromatic rings. The third kappa shape index (κ3) is 5.51. The van der Waals surface area contributed by atoms with Gasteiger partial charge in [-0.3, -0.25) is 14.7 Å². The largest absolute Gasteiger partial charge is 0.454 e. The summed E-state index contributed by atoms with van der Waals surface area (Å²) >= 11 is 1.36. The number of rotatable bonds is 9. The minimum atomic E-state index is -3.77. The zero-order valence-electron chi connectivity index (χ0n) is 22.1. The molecule has 208 valence electrons. The number of nitrogens with zero attached hydrogens (tertiary/aromatic N) is 4. The van der Waals surface area contributed by atoms with Gasteiger partial charge in [0.1, 0.15) is 0 Å². The molecule has 41 heavy (non-hydrogen) atoms. The summed E-state index contributed by atoms with van der Waals surface area (Å²) in [5.41, 5.74) is 2.76. The normalized spacial score (nSPS) is 12.6. The molecule has 0 aliphatic carbocycles. The highest BCUT2D eigenvalue weighted by molar-refractivity contribution is 7.89. The van der Waals surface area contributed by atoms with Crippen molar-refractivity contribution in [3.05, 3.63) is 108 Å². The summed E-state index contributed by atoms with van der Waals surface area (Å²) < 4.78 is 40.1. The van der Waals surface area contributed by atoms with Crippen LogP contribution < -0.4 is 14.4 Å². The minimum absolute atomic E-state index is 0.125. The van der Waals surface area contributed by atoms with Crippen LogP contribution in [-0.4, -0.2) is 41.9 Å². The van der Waals surface area contributed by atoms with Crippen molar-refractivity contribution in [3.63, 3.8) is 0 Å². The average Bonchev–Trinajstić information content (AvgIpc) is 3.64. The van der Waals surface area contributed by atoms with E-state index < -0.39 is 10.0 Å². The number of sulfonamides is 1. The number of benzene rings is 3. The Balaban J connectivity index is 1.30. The molecule has 0 spiro atoms. The number of thiazole rings is 1. The molecule has 3 aromatic carbocycles. The van der Waals surface area contributed by atoms with Crippen molar-refractivity contribution in [3.8, 4) is 11.5 Å². The molecule has 3 heterocycles. The fourth-order valence-corrected chi connectivity index (χ4v) is 6.96. The first kappa shape index (κ1) is 26.9. The molecule has 0 radical (unpaired) electrons. The van der Waals surface area contributed by atoms with Crippen LogP contribution in [0, 0.1) is 0 Å². The number of fused-ring (bicyclic) bond motifs is 2. The summed E-state index contributed by atoms with van der Waals surface area (Å²) in [7, 11) is -3.77. The lowest BCUT2D eigenvalue weighted by Crippen LogP contribution is -2.31. The van der Waals surface area contributed by atoms with Gasteiger partial charge in [-0.05, 0) is 41.5 Å². The van der Waals surface area contributed by atoms with Crippen LogP contribution in [0.3, 0.4) is 0 Å². The molecule has 0 atom stereocenters. The van der Waals surface area contributed by atoms with E-state index in [4.69, 9.17) is 14.5 Å². The maximum absolute atomic E-state index is 13.9. The Kier molecular flexibility index (Phi) is 7.39. The standard InChI is InChI=1S/C30H26N4O5S2/c1-2-33(18-21-7-4-3-5-8-21)41(36,37)24-12-10-23(11-13-24)29(35)34(19-22-9-6-14-31-17-22)30-32-25-15-26-27(39-20-38-26)16-28(25)40-30/h3-17H,2,18-20H2,1H3.